The molecule has 1 aliphatic carbocycles. The number of fused-ring (bicyclic) bond motifs is 1. The molecular weight excluding hydrogens is 261 g/mol. The average Bonchev–Trinajstić information content (AvgIpc) is 2.34. The highest BCUT2D eigenvalue weighted by molar-refractivity contribution is 6.20. The van der Waals surface area contributed by atoms with Gasteiger partial charge in [0.15, 0.2) is 0 Å². The molecule has 1 atom stereocenters. The van der Waals surface area contributed by atoms with Gasteiger partial charge in [-0.25, -0.2) is 0 Å². The largest absolute Gasteiger partial charge is 0.389 e. The molecule has 1 aliphatic rings. The SMILES string of the molecule is FC(F)(F)CCC(Cl)c1ccc2c(c1)CCCC2. The Morgan fingerprint density at radius 2 is 1.78 bits per heavy atom. The van der Waals surface area contributed by atoms with Gasteiger partial charge in [-0.3, -0.25) is 0 Å². The van der Waals surface area contributed by atoms with Crippen molar-refractivity contribution >= 4 is 11.6 Å². The summed E-state index contributed by atoms with van der Waals surface area (Å²) in [6, 6.07) is 5.88. The Kier molecular flexibility index (Phi) is 4.21. The molecule has 1 aromatic carbocycles. The second kappa shape index (κ2) is 5.52. The minimum atomic E-state index is -4.12. The van der Waals surface area contributed by atoms with Gasteiger partial charge in [-0.2, -0.15) is 13.2 Å². The lowest BCUT2D eigenvalue weighted by Gasteiger charge is -2.18. The smallest absolute Gasteiger partial charge is 0.171 e. The maximum absolute atomic E-state index is 12.1. The molecule has 1 aromatic rings. The van der Waals surface area contributed by atoms with Gasteiger partial charge in [0.1, 0.15) is 0 Å². The molecule has 0 heterocycles. The first-order valence-corrected chi connectivity index (χ1v) is 6.72. The minimum absolute atomic E-state index is 0.0517. The van der Waals surface area contributed by atoms with Crippen LogP contribution in [0.3, 0.4) is 0 Å². The fourth-order valence-electron chi connectivity index (χ4n) is 2.41. The average molecular weight is 277 g/mol. The van der Waals surface area contributed by atoms with Crippen molar-refractivity contribution in [2.75, 3.05) is 0 Å². The van der Waals surface area contributed by atoms with E-state index in [1.165, 1.54) is 17.5 Å². The van der Waals surface area contributed by atoms with Crippen molar-refractivity contribution in [3.05, 3.63) is 34.9 Å². The molecular formula is C14H16ClF3. The molecule has 0 N–H and O–H groups in total. The third-order valence-corrected chi connectivity index (χ3v) is 3.89. The molecule has 0 saturated heterocycles. The summed E-state index contributed by atoms with van der Waals surface area (Å²) in [4.78, 5) is 0. The van der Waals surface area contributed by atoms with Crippen LogP contribution in [0.15, 0.2) is 18.2 Å². The van der Waals surface area contributed by atoms with Crippen molar-refractivity contribution in [2.45, 2.75) is 50.1 Å². The van der Waals surface area contributed by atoms with Gasteiger partial charge < -0.3 is 0 Å². The molecule has 0 spiro atoms. The highest BCUT2D eigenvalue weighted by Crippen LogP contribution is 2.33. The summed E-state index contributed by atoms with van der Waals surface area (Å²) in [6.45, 7) is 0. The lowest BCUT2D eigenvalue weighted by atomic mass is 9.89. The third kappa shape index (κ3) is 3.64. The Labute approximate surface area is 110 Å². The fraction of sp³-hybridized carbons (Fsp3) is 0.571. The Morgan fingerprint density at radius 1 is 1.11 bits per heavy atom. The van der Waals surface area contributed by atoms with E-state index in [1.807, 2.05) is 18.2 Å². The van der Waals surface area contributed by atoms with Crippen molar-refractivity contribution in [3.8, 4) is 0 Å². The predicted octanol–water partition coefficient (Wildman–Crippen LogP) is 5.19. The number of halogens is 4. The van der Waals surface area contributed by atoms with Crippen LogP contribution in [-0.2, 0) is 12.8 Å². The molecule has 18 heavy (non-hydrogen) atoms. The number of aryl methyl sites for hydroxylation is 2. The van der Waals surface area contributed by atoms with E-state index in [1.54, 1.807) is 0 Å². The second-order valence-corrected chi connectivity index (χ2v) is 5.38. The molecule has 0 amide bonds. The Balaban J connectivity index is 2.04. The van der Waals surface area contributed by atoms with Crippen molar-refractivity contribution < 1.29 is 13.2 Å². The number of hydrogen-bond acceptors (Lipinski definition) is 0. The van der Waals surface area contributed by atoms with Crippen LogP contribution in [0.5, 0.6) is 0 Å². The van der Waals surface area contributed by atoms with E-state index in [0.29, 0.717) is 0 Å². The van der Waals surface area contributed by atoms with Gasteiger partial charge in [-0.1, -0.05) is 18.2 Å². The standard InChI is InChI=1S/C14H16ClF3/c15-13(7-8-14(16,17)18)12-6-5-10-3-1-2-4-11(10)9-12/h5-6,9,13H,1-4,7-8H2. The molecule has 0 aliphatic heterocycles. The lowest BCUT2D eigenvalue weighted by molar-refractivity contribution is -0.135. The van der Waals surface area contributed by atoms with Crippen LogP contribution in [0.4, 0.5) is 13.2 Å². The number of rotatable bonds is 3. The van der Waals surface area contributed by atoms with Crippen LogP contribution >= 0.6 is 11.6 Å². The Bertz CT molecular complexity index is 412. The summed E-state index contributed by atoms with van der Waals surface area (Å²) in [5.41, 5.74) is 3.41. The van der Waals surface area contributed by atoms with Gasteiger partial charge in [-0.15, -0.1) is 11.6 Å². The molecule has 0 saturated carbocycles. The maximum Gasteiger partial charge on any atom is 0.389 e. The molecule has 0 nitrogen and oxygen atoms in total. The normalized spacial score (nSPS) is 17.3. The zero-order chi connectivity index (χ0) is 13.2. The summed E-state index contributed by atoms with van der Waals surface area (Å²) in [5, 5.41) is -0.543. The van der Waals surface area contributed by atoms with Crippen molar-refractivity contribution in [3.63, 3.8) is 0 Å². The van der Waals surface area contributed by atoms with Crippen molar-refractivity contribution in [1.29, 1.82) is 0 Å². The molecule has 0 bridgehead atoms. The van der Waals surface area contributed by atoms with Gasteiger partial charge >= 0.3 is 6.18 Å². The molecule has 0 aromatic heterocycles. The molecule has 4 heteroatoms. The van der Waals surface area contributed by atoms with E-state index in [9.17, 15) is 13.2 Å². The summed E-state index contributed by atoms with van der Waals surface area (Å²) >= 11 is 6.05. The third-order valence-electron chi connectivity index (χ3n) is 3.42. The number of benzene rings is 1. The number of alkyl halides is 4. The van der Waals surface area contributed by atoms with Gasteiger partial charge in [-0.05, 0) is 48.8 Å². The summed E-state index contributed by atoms with van der Waals surface area (Å²) in [7, 11) is 0. The van der Waals surface area contributed by atoms with E-state index in [2.05, 4.69) is 0 Å². The van der Waals surface area contributed by atoms with Crippen molar-refractivity contribution in [1.82, 2.24) is 0 Å². The van der Waals surface area contributed by atoms with Crippen LogP contribution in [0.2, 0.25) is 0 Å². The highest BCUT2D eigenvalue weighted by atomic mass is 35.5. The second-order valence-electron chi connectivity index (χ2n) is 4.86. The first kappa shape index (κ1) is 13.7. The zero-order valence-corrected chi connectivity index (χ0v) is 10.8. The summed E-state index contributed by atoms with van der Waals surface area (Å²) in [6.07, 6.45) is -0.544. The van der Waals surface area contributed by atoms with Crippen LogP contribution in [-0.4, -0.2) is 6.18 Å². The quantitative estimate of drug-likeness (QED) is 0.667. The van der Waals surface area contributed by atoms with Crippen LogP contribution in [0.25, 0.3) is 0 Å². The summed E-state index contributed by atoms with van der Waals surface area (Å²) < 4.78 is 36.4. The van der Waals surface area contributed by atoms with Gasteiger partial charge in [0.25, 0.3) is 0 Å². The first-order valence-electron chi connectivity index (χ1n) is 6.28. The van der Waals surface area contributed by atoms with Crippen molar-refractivity contribution in [2.24, 2.45) is 0 Å². The van der Waals surface area contributed by atoms with Gasteiger partial charge in [0.05, 0.1) is 5.38 Å². The van der Waals surface area contributed by atoms with E-state index < -0.39 is 18.0 Å². The van der Waals surface area contributed by atoms with Gasteiger partial charge in [0.2, 0.25) is 0 Å². The topological polar surface area (TPSA) is 0 Å². The molecule has 0 fully saturated rings. The molecule has 1 unspecified atom stereocenters. The molecule has 100 valence electrons. The fourth-order valence-corrected chi connectivity index (χ4v) is 2.65. The Hall–Kier alpha value is -0.700. The number of hydrogen-bond donors (Lipinski definition) is 0. The van der Waals surface area contributed by atoms with Crippen LogP contribution < -0.4 is 0 Å². The van der Waals surface area contributed by atoms with E-state index in [-0.39, 0.29) is 6.42 Å². The maximum atomic E-state index is 12.1. The van der Waals surface area contributed by atoms with Crippen LogP contribution in [0.1, 0.15) is 47.8 Å². The highest BCUT2D eigenvalue weighted by Gasteiger charge is 2.28. The predicted molar refractivity (Wildman–Crippen MR) is 67.0 cm³/mol. The lowest BCUT2D eigenvalue weighted by Crippen LogP contribution is -2.09. The van der Waals surface area contributed by atoms with Crippen LogP contribution in [0, 0.1) is 0 Å². The Morgan fingerprint density at radius 3 is 2.44 bits per heavy atom. The molecule has 0 radical (unpaired) electrons. The van der Waals surface area contributed by atoms with E-state index in [0.717, 1.165) is 24.8 Å². The zero-order valence-electron chi connectivity index (χ0n) is 10.1. The first-order chi connectivity index (χ1) is 8.46. The molecule has 2 rings (SSSR count). The van der Waals surface area contributed by atoms with E-state index >= 15 is 0 Å². The minimum Gasteiger partial charge on any atom is -0.171 e. The van der Waals surface area contributed by atoms with E-state index in [4.69, 9.17) is 11.6 Å². The summed E-state index contributed by atoms with van der Waals surface area (Å²) in [5.74, 6) is 0. The monoisotopic (exact) mass is 276 g/mol. The van der Waals surface area contributed by atoms with Gasteiger partial charge in [0, 0.05) is 6.42 Å².